The van der Waals surface area contributed by atoms with Crippen LogP contribution in [0.15, 0.2) is 24.3 Å². The van der Waals surface area contributed by atoms with Gasteiger partial charge in [-0.05, 0) is 67.7 Å². The van der Waals surface area contributed by atoms with Gasteiger partial charge in [0.15, 0.2) is 0 Å². The number of anilines is 1. The van der Waals surface area contributed by atoms with Crippen LogP contribution < -0.4 is 15.0 Å². The van der Waals surface area contributed by atoms with Crippen LogP contribution >= 0.6 is 0 Å². The number of hydrogen-bond acceptors (Lipinski definition) is 5. The normalized spacial score (nSPS) is 26.0. The number of methoxy groups -OCH3 is 1. The van der Waals surface area contributed by atoms with Crippen molar-refractivity contribution < 1.29 is 19.1 Å². The lowest BCUT2D eigenvalue weighted by Gasteiger charge is -2.40. The van der Waals surface area contributed by atoms with Crippen molar-refractivity contribution in [3.8, 4) is 5.75 Å². The quantitative estimate of drug-likeness (QED) is 0.683. The highest BCUT2D eigenvalue weighted by Gasteiger charge is 2.53. The van der Waals surface area contributed by atoms with Crippen LogP contribution in [0, 0.1) is 11.3 Å². The van der Waals surface area contributed by atoms with E-state index in [0.717, 1.165) is 42.1 Å². The van der Waals surface area contributed by atoms with Crippen LogP contribution in [-0.2, 0) is 9.59 Å². The third-order valence-corrected chi connectivity index (χ3v) is 7.89. The fraction of sp³-hybridized carbons (Fsp3) is 0.654. The Hall–Kier alpha value is -2.77. The largest absolute Gasteiger partial charge is 0.497 e. The summed E-state index contributed by atoms with van der Waals surface area (Å²) < 4.78 is 5.24. The van der Waals surface area contributed by atoms with Crippen LogP contribution in [0.1, 0.15) is 52.9 Å². The molecular weight excluding hydrogens is 432 g/mol. The minimum atomic E-state index is -0.830. The minimum Gasteiger partial charge on any atom is -0.497 e. The number of urea groups is 1. The molecule has 0 aromatic heterocycles. The van der Waals surface area contributed by atoms with Crippen molar-refractivity contribution in [2.45, 2.75) is 58.4 Å². The zero-order chi connectivity index (χ0) is 24.5. The van der Waals surface area contributed by atoms with Gasteiger partial charge in [-0.3, -0.25) is 14.5 Å². The summed E-state index contributed by atoms with van der Waals surface area (Å²) in [6.45, 7) is 9.23. The molecule has 34 heavy (non-hydrogen) atoms. The molecule has 8 heteroatoms. The van der Waals surface area contributed by atoms with E-state index in [1.165, 1.54) is 0 Å². The number of imide groups is 1. The molecular formula is C26H38N4O4. The topological polar surface area (TPSA) is 82.2 Å². The third-order valence-electron chi connectivity index (χ3n) is 7.89. The van der Waals surface area contributed by atoms with E-state index in [1.54, 1.807) is 12.0 Å². The maximum atomic E-state index is 13.3. The van der Waals surface area contributed by atoms with Gasteiger partial charge in [-0.15, -0.1) is 0 Å². The smallest absolute Gasteiger partial charge is 0.325 e. The third kappa shape index (κ3) is 4.86. The molecule has 0 radical (unpaired) electrons. The Morgan fingerprint density at radius 2 is 1.74 bits per heavy atom. The average molecular weight is 471 g/mol. The highest BCUT2D eigenvalue weighted by molar-refractivity contribution is 6.09. The highest BCUT2D eigenvalue weighted by Crippen LogP contribution is 2.43. The van der Waals surface area contributed by atoms with Crippen molar-refractivity contribution >= 4 is 23.5 Å². The van der Waals surface area contributed by atoms with Crippen LogP contribution in [0.3, 0.4) is 0 Å². The van der Waals surface area contributed by atoms with Crippen molar-refractivity contribution in [3.63, 3.8) is 0 Å². The summed E-state index contributed by atoms with van der Waals surface area (Å²) in [6.07, 6.45) is 3.93. The van der Waals surface area contributed by atoms with E-state index in [9.17, 15) is 14.4 Å². The molecule has 1 aromatic carbocycles. The summed E-state index contributed by atoms with van der Waals surface area (Å²) in [4.78, 5) is 44.3. The molecule has 1 aliphatic carbocycles. The molecule has 0 atom stereocenters. The number of nitrogens with zero attached hydrogens (tertiary/aromatic N) is 3. The molecule has 4 rings (SSSR count). The zero-order valence-corrected chi connectivity index (χ0v) is 20.9. The zero-order valence-electron chi connectivity index (χ0n) is 20.9. The first-order valence-corrected chi connectivity index (χ1v) is 12.4. The number of carbonyl (C=O) groups excluding carboxylic acids is 3. The second-order valence-electron chi connectivity index (χ2n) is 11.0. The Labute approximate surface area is 202 Å². The summed E-state index contributed by atoms with van der Waals surface area (Å²) in [5.41, 5.74) is 0.454. The van der Waals surface area contributed by atoms with Crippen molar-refractivity contribution in [2.24, 2.45) is 11.3 Å². The second kappa shape index (κ2) is 9.47. The Balaban J connectivity index is 1.34. The number of nitrogens with one attached hydrogen (secondary N) is 1. The van der Waals surface area contributed by atoms with Crippen LogP contribution in [0.5, 0.6) is 5.75 Å². The van der Waals surface area contributed by atoms with E-state index >= 15 is 0 Å². The summed E-state index contributed by atoms with van der Waals surface area (Å²) >= 11 is 0. The Kier molecular flexibility index (Phi) is 6.78. The molecule has 2 heterocycles. The second-order valence-corrected chi connectivity index (χ2v) is 11.0. The summed E-state index contributed by atoms with van der Waals surface area (Å²) in [5.74, 6) is 0.950. The molecule has 0 bridgehead atoms. The number of rotatable bonds is 4. The van der Waals surface area contributed by atoms with Crippen LogP contribution in [0.2, 0.25) is 0 Å². The number of benzene rings is 1. The lowest BCUT2D eigenvalue weighted by Crippen LogP contribution is -2.51. The molecule has 186 valence electrons. The number of ether oxygens (including phenoxy) is 1. The van der Waals surface area contributed by atoms with Gasteiger partial charge in [0.25, 0.3) is 5.91 Å². The predicted molar refractivity (Wildman–Crippen MR) is 131 cm³/mol. The Morgan fingerprint density at radius 1 is 1.06 bits per heavy atom. The molecule has 2 aliphatic heterocycles. The van der Waals surface area contributed by atoms with Crippen molar-refractivity contribution in [2.75, 3.05) is 44.7 Å². The van der Waals surface area contributed by atoms with E-state index in [4.69, 9.17) is 4.74 Å². The van der Waals surface area contributed by atoms with E-state index in [1.807, 2.05) is 24.3 Å². The van der Waals surface area contributed by atoms with E-state index in [0.29, 0.717) is 38.4 Å². The molecule has 1 N–H and O–H groups in total. The van der Waals surface area contributed by atoms with Gasteiger partial charge < -0.3 is 19.9 Å². The molecule has 0 unspecified atom stereocenters. The van der Waals surface area contributed by atoms with E-state index in [-0.39, 0.29) is 23.8 Å². The van der Waals surface area contributed by atoms with Gasteiger partial charge in [0.05, 0.1) is 7.11 Å². The van der Waals surface area contributed by atoms with Crippen LogP contribution in [0.4, 0.5) is 10.5 Å². The first-order chi connectivity index (χ1) is 16.1. The molecule has 8 nitrogen and oxygen atoms in total. The fourth-order valence-corrected chi connectivity index (χ4v) is 5.59. The molecule has 1 aromatic rings. The van der Waals surface area contributed by atoms with Gasteiger partial charge in [-0.25, -0.2) is 4.79 Å². The first kappa shape index (κ1) is 24.4. The lowest BCUT2D eigenvalue weighted by molar-refractivity contribution is -0.139. The van der Waals surface area contributed by atoms with E-state index < -0.39 is 11.6 Å². The van der Waals surface area contributed by atoms with E-state index in [2.05, 4.69) is 31.0 Å². The molecule has 3 fully saturated rings. The minimum absolute atomic E-state index is 0.166. The van der Waals surface area contributed by atoms with Crippen molar-refractivity contribution in [1.82, 2.24) is 15.1 Å². The van der Waals surface area contributed by atoms with Gasteiger partial charge in [0.2, 0.25) is 5.91 Å². The number of amides is 4. The number of carbonyl (C=O) groups is 3. The van der Waals surface area contributed by atoms with Gasteiger partial charge in [-0.1, -0.05) is 20.8 Å². The van der Waals surface area contributed by atoms with Crippen molar-refractivity contribution in [3.05, 3.63) is 24.3 Å². The average Bonchev–Trinajstić information content (AvgIpc) is 2.98. The fourth-order valence-electron chi connectivity index (χ4n) is 5.59. The molecule has 3 aliphatic rings. The maximum absolute atomic E-state index is 13.3. The van der Waals surface area contributed by atoms with Crippen LogP contribution in [0.25, 0.3) is 0 Å². The van der Waals surface area contributed by atoms with Gasteiger partial charge in [0, 0.05) is 31.9 Å². The lowest BCUT2D eigenvalue weighted by atomic mass is 9.67. The SMILES string of the molecule is COc1ccc(N2CCCN(C(=O)CN3C(=O)NC4(CCC(C(C)(C)C)CC4)C3=O)CC2)cc1. The van der Waals surface area contributed by atoms with Crippen LogP contribution in [-0.4, -0.2) is 73.0 Å². The number of hydrogen-bond donors (Lipinski definition) is 1. The summed E-state index contributed by atoms with van der Waals surface area (Å²) in [5, 5.41) is 2.95. The van der Waals surface area contributed by atoms with Gasteiger partial charge in [-0.2, -0.15) is 0 Å². The molecule has 2 saturated heterocycles. The monoisotopic (exact) mass is 470 g/mol. The Bertz CT molecular complexity index is 916. The molecule has 1 saturated carbocycles. The Morgan fingerprint density at radius 3 is 2.35 bits per heavy atom. The van der Waals surface area contributed by atoms with Gasteiger partial charge >= 0.3 is 6.03 Å². The highest BCUT2D eigenvalue weighted by atomic mass is 16.5. The molecule has 4 amide bonds. The summed E-state index contributed by atoms with van der Waals surface area (Å²) in [6, 6.07) is 7.49. The predicted octanol–water partition coefficient (Wildman–Crippen LogP) is 3.26. The van der Waals surface area contributed by atoms with Gasteiger partial charge in [0.1, 0.15) is 17.8 Å². The summed E-state index contributed by atoms with van der Waals surface area (Å²) in [7, 11) is 1.65. The maximum Gasteiger partial charge on any atom is 0.325 e. The molecule has 1 spiro atoms. The first-order valence-electron chi connectivity index (χ1n) is 12.4. The van der Waals surface area contributed by atoms with Crippen molar-refractivity contribution in [1.29, 1.82) is 0 Å². The standard InChI is InChI=1S/C26H38N4O4/c1-25(2,3)19-10-12-26(13-11-19)23(32)30(24(33)27-26)18-22(31)29-15-5-14-28(16-17-29)20-6-8-21(34-4)9-7-20/h6-9,19H,5,10-18H2,1-4H3,(H,27,33).